The van der Waals surface area contributed by atoms with Crippen LogP contribution in [-0.4, -0.2) is 25.4 Å². The zero-order valence-electron chi connectivity index (χ0n) is 27.4. The summed E-state index contributed by atoms with van der Waals surface area (Å²) in [6.45, 7) is 6.73. The lowest BCUT2D eigenvalue weighted by Gasteiger charge is -2.35. The molecule has 2 aliphatic heterocycles. The van der Waals surface area contributed by atoms with Crippen molar-refractivity contribution in [1.29, 1.82) is 0 Å². The van der Waals surface area contributed by atoms with Gasteiger partial charge in [0.25, 0.3) is 0 Å². The minimum Gasteiger partial charge on any atom is -0.375 e. The Balaban J connectivity index is 0.857. The van der Waals surface area contributed by atoms with Gasteiger partial charge in [-0.2, -0.15) is 0 Å². The highest BCUT2D eigenvalue weighted by Crippen LogP contribution is 2.46. The van der Waals surface area contributed by atoms with Gasteiger partial charge in [0.1, 0.15) is 0 Å². The van der Waals surface area contributed by atoms with Crippen LogP contribution < -0.4 is 0 Å². The van der Waals surface area contributed by atoms with Gasteiger partial charge in [-0.1, -0.05) is 136 Å². The third kappa shape index (κ3) is 8.35. The zero-order chi connectivity index (χ0) is 28.0. The monoisotopic (exact) mass is 569 g/mol. The van der Waals surface area contributed by atoms with Crippen molar-refractivity contribution in [1.82, 2.24) is 0 Å². The number of ether oxygens (including phenoxy) is 2. The normalized spacial score (nSPS) is 45.5. The Hall–Kier alpha value is -0.0800. The molecule has 0 aromatic heterocycles. The number of hydrogen-bond donors (Lipinski definition) is 0. The summed E-state index contributed by atoms with van der Waals surface area (Å²) >= 11 is 0. The van der Waals surface area contributed by atoms with E-state index in [0.717, 1.165) is 60.6 Å². The Morgan fingerprint density at radius 1 is 0.390 bits per heavy atom. The third-order valence-electron chi connectivity index (χ3n) is 14.0. The quantitative estimate of drug-likeness (QED) is 0.247. The average Bonchev–Trinajstić information content (AvgIpc) is 3.60. The van der Waals surface area contributed by atoms with Crippen LogP contribution in [0.3, 0.4) is 0 Å². The van der Waals surface area contributed by atoms with Crippen LogP contribution in [0, 0.1) is 59.2 Å². The van der Waals surface area contributed by atoms with Gasteiger partial charge >= 0.3 is 0 Å². The van der Waals surface area contributed by atoms with Crippen molar-refractivity contribution >= 4 is 0 Å². The van der Waals surface area contributed by atoms with Gasteiger partial charge in [0.15, 0.2) is 0 Å². The lowest BCUT2D eigenvalue weighted by Crippen LogP contribution is -2.29. The van der Waals surface area contributed by atoms with Crippen LogP contribution in [-0.2, 0) is 9.47 Å². The van der Waals surface area contributed by atoms with Crippen molar-refractivity contribution in [2.24, 2.45) is 59.2 Å². The summed E-state index contributed by atoms with van der Waals surface area (Å²) in [4.78, 5) is 0. The molecule has 6 fully saturated rings. The molecule has 4 aliphatic carbocycles. The highest BCUT2D eigenvalue weighted by Gasteiger charge is 2.48. The fourth-order valence-corrected chi connectivity index (χ4v) is 11.3. The summed E-state index contributed by atoms with van der Waals surface area (Å²) in [5.41, 5.74) is 0. The predicted octanol–water partition coefficient (Wildman–Crippen LogP) is 11.0. The molecule has 4 saturated carbocycles. The minimum absolute atomic E-state index is 0.422. The molecule has 4 atom stereocenters. The largest absolute Gasteiger partial charge is 0.375 e. The molecule has 2 nitrogen and oxygen atoms in total. The van der Waals surface area contributed by atoms with Crippen LogP contribution in [0.2, 0.25) is 0 Å². The molecule has 236 valence electrons. The lowest BCUT2D eigenvalue weighted by atomic mass is 9.71. The van der Waals surface area contributed by atoms with Gasteiger partial charge in [-0.3, -0.25) is 0 Å². The van der Waals surface area contributed by atoms with Crippen LogP contribution >= 0.6 is 0 Å². The second-order valence-electron chi connectivity index (χ2n) is 16.8. The van der Waals surface area contributed by atoms with Crippen LogP contribution in [0.5, 0.6) is 0 Å². The first-order chi connectivity index (χ1) is 20.2. The molecular formula is C39H68O2. The number of hydrogen-bond acceptors (Lipinski definition) is 2. The minimum atomic E-state index is 0.422. The van der Waals surface area contributed by atoms with E-state index >= 15 is 0 Å². The van der Waals surface area contributed by atoms with Gasteiger partial charge in [-0.05, 0) is 73.0 Å². The van der Waals surface area contributed by atoms with Gasteiger partial charge in [0.2, 0.25) is 0 Å². The van der Waals surface area contributed by atoms with Gasteiger partial charge in [-0.25, -0.2) is 0 Å². The molecule has 6 aliphatic rings. The summed E-state index contributed by atoms with van der Waals surface area (Å²) in [6, 6.07) is 0. The first-order valence-electron chi connectivity index (χ1n) is 19.4. The summed E-state index contributed by atoms with van der Waals surface area (Å²) in [5.74, 6) is 9.51. The van der Waals surface area contributed by atoms with Gasteiger partial charge < -0.3 is 9.47 Å². The first kappa shape index (κ1) is 30.9. The van der Waals surface area contributed by atoms with E-state index in [-0.39, 0.29) is 0 Å². The van der Waals surface area contributed by atoms with Crippen molar-refractivity contribution < 1.29 is 9.47 Å². The molecule has 0 unspecified atom stereocenters. The molecule has 6 rings (SSSR count). The standard InChI is InChI=1S/C39H68O2/c1-3-5-29-8-12-31(13-9-29)23-33-16-20-35(21-17-33)25-37-27-41-38-36(26-40-39(37)38)24-34-18-14-32(15-19-34)22-30-10-6-28(4-2)7-11-30/h28-39H,3-27H2,1-2H3/t28?,29?,30?,31?,32?,33?,34?,35?,36-,37+,38-,39-/m1/s1. The maximum Gasteiger partial charge on any atom is 0.0890 e. The molecule has 0 aromatic rings. The van der Waals surface area contributed by atoms with Gasteiger partial charge in [0, 0.05) is 11.8 Å². The lowest BCUT2D eigenvalue weighted by molar-refractivity contribution is 0.0546. The SMILES string of the molecule is CCCC1CCC(CC2CCC(C[C@H]3CO[C@@H]4[C@H](CC5CCC(CC6CCC(CC)CC6)CC5)CO[C@H]34)CC2)CC1. The van der Waals surface area contributed by atoms with E-state index in [2.05, 4.69) is 13.8 Å². The number of rotatable bonds is 11. The molecule has 2 saturated heterocycles. The van der Waals surface area contributed by atoms with Crippen LogP contribution in [0.15, 0.2) is 0 Å². The second kappa shape index (κ2) is 15.3. The highest BCUT2D eigenvalue weighted by atomic mass is 16.6. The topological polar surface area (TPSA) is 18.5 Å². The van der Waals surface area contributed by atoms with Crippen LogP contribution in [0.4, 0.5) is 0 Å². The molecule has 0 spiro atoms. The molecule has 0 bridgehead atoms. The van der Waals surface area contributed by atoms with Crippen molar-refractivity contribution in [2.75, 3.05) is 13.2 Å². The van der Waals surface area contributed by atoms with Crippen LogP contribution in [0.1, 0.15) is 162 Å². The third-order valence-corrected chi connectivity index (χ3v) is 14.0. The van der Waals surface area contributed by atoms with Gasteiger partial charge in [-0.15, -0.1) is 0 Å². The first-order valence-corrected chi connectivity index (χ1v) is 19.4. The Morgan fingerprint density at radius 2 is 0.707 bits per heavy atom. The van der Waals surface area contributed by atoms with E-state index in [1.807, 2.05) is 0 Å². The van der Waals surface area contributed by atoms with Crippen molar-refractivity contribution in [2.45, 2.75) is 174 Å². The molecule has 0 aromatic carbocycles. The van der Waals surface area contributed by atoms with Crippen molar-refractivity contribution in [3.05, 3.63) is 0 Å². The van der Waals surface area contributed by atoms with E-state index in [1.165, 1.54) is 135 Å². The van der Waals surface area contributed by atoms with Crippen molar-refractivity contribution in [3.63, 3.8) is 0 Å². The fourth-order valence-electron chi connectivity index (χ4n) is 11.3. The molecule has 41 heavy (non-hydrogen) atoms. The summed E-state index contributed by atoms with van der Waals surface area (Å²) < 4.78 is 13.1. The predicted molar refractivity (Wildman–Crippen MR) is 172 cm³/mol. The molecule has 2 heterocycles. The molecule has 0 N–H and O–H groups in total. The Labute approximate surface area is 255 Å². The summed E-state index contributed by atoms with van der Waals surface area (Å²) in [5, 5.41) is 0. The average molecular weight is 569 g/mol. The zero-order valence-corrected chi connectivity index (χ0v) is 27.4. The number of fused-ring (bicyclic) bond motifs is 1. The Bertz CT molecular complexity index is 733. The maximum absolute atomic E-state index is 6.55. The van der Waals surface area contributed by atoms with Crippen LogP contribution in [0.25, 0.3) is 0 Å². The van der Waals surface area contributed by atoms with E-state index in [9.17, 15) is 0 Å². The van der Waals surface area contributed by atoms with Gasteiger partial charge in [0.05, 0.1) is 25.4 Å². The summed E-state index contributed by atoms with van der Waals surface area (Å²) in [6.07, 6.45) is 35.2. The summed E-state index contributed by atoms with van der Waals surface area (Å²) in [7, 11) is 0. The van der Waals surface area contributed by atoms with E-state index in [0.29, 0.717) is 24.0 Å². The molecule has 0 radical (unpaired) electrons. The molecule has 0 amide bonds. The van der Waals surface area contributed by atoms with Crippen molar-refractivity contribution in [3.8, 4) is 0 Å². The van der Waals surface area contributed by atoms with E-state index in [1.54, 1.807) is 12.8 Å². The maximum atomic E-state index is 6.55. The Morgan fingerprint density at radius 3 is 1.05 bits per heavy atom. The second-order valence-corrected chi connectivity index (χ2v) is 16.8. The smallest absolute Gasteiger partial charge is 0.0890 e. The molecule has 2 heteroatoms. The van der Waals surface area contributed by atoms with E-state index < -0.39 is 0 Å². The van der Waals surface area contributed by atoms with E-state index in [4.69, 9.17) is 9.47 Å². The highest BCUT2D eigenvalue weighted by molar-refractivity contribution is 4.96. The fraction of sp³-hybridized carbons (Fsp3) is 1.00. The molecular weight excluding hydrogens is 500 g/mol. The Kier molecular flexibility index (Phi) is 11.5.